The second kappa shape index (κ2) is 8.58. The highest BCUT2D eigenvalue weighted by Crippen LogP contribution is 2.27. The number of rotatable bonds is 6. The average molecular weight is 432 g/mol. The molecule has 1 aliphatic heterocycles. The molecule has 4 heterocycles. The van der Waals surface area contributed by atoms with Crippen LogP contribution in [0.5, 0.6) is 0 Å². The largest absolute Gasteiger partial charge is 0.364 e. The quantitative estimate of drug-likeness (QED) is 0.483. The maximum atomic E-state index is 6.23. The van der Waals surface area contributed by atoms with Crippen molar-refractivity contribution in [2.75, 3.05) is 23.3 Å². The zero-order valence-electron chi connectivity index (χ0n) is 18.5. The minimum Gasteiger partial charge on any atom is -0.364 e. The number of piperidine rings is 1. The van der Waals surface area contributed by atoms with Gasteiger partial charge >= 0.3 is 0 Å². The van der Waals surface area contributed by atoms with Gasteiger partial charge in [0.2, 0.25) is 5.95 Å². The highest BCUT2D eigenvalue weighted by atomic mass is 15.3. The Kier molecular flexibility index (Phi) is 5.48. The van der Waals surface area contributed by atoms with Gasteiger partial charge in [0.05, 0.1) is 12.0 Å². The highest BCUT2D eigenvalue weighted by molar-refractivity contribution is 5.84. The van der Waals surface area contributed by atoms with Gasteiger partial charge < -0.3 is 20.5 Å². The van der Waals surface area contributed by atoms with E-state index in [-0.39, 0.29) is 12.1 Å². The second-order valence-corrected chi connectivity index (χ2v) is 8.57. The lowest BCUT2D eigenvalue weighted by molar-refractivity contribution is 0.500. The Labute approximate surface area is 187 Å². The van der Waals surface area contributed by atoms with E-state index in [9.17, 15) is 0 Å². The molecule has 0 amide bonds. The van der Waals surface area contributed by atoms with Gasteiger partial charge in [0.15, 0.2) is 17.0 Å². The lowest BCUT2D eigenvalue weighted by atomic mass is 10.1. The molecule has 0 bridgehead atoms. The molecule has 1 atom stereocenters. The smallest absolute Gasteiger partial charge is 0.229 e. The van der Waals surface area contributed by atoms with Crippen LogP contribution in [-0.2, 0) is 6.54 Å². The number of nitrogens with two attached hydrogens (primary N) is 1. The number of nitrogens with zero attached hydrogens (tertiary/aromatic N) is 7. The number of aromatic nitrogens is 6. The number of benzene rings is 1. The van der Waals surface area contributed by atoms with Gasteiger partial charge in [-0.3, -0.25) is 0 Å². The maximum absolute atomic E-state index is 6.23. The summed E-state index contributed by atoms with van der Waals surface area (Å²) in [7, 11) is 0. The maximum Gasteiger partial charge on any atom is 0.229 e. The molecule has 5 rings (SSSR count). The summed E-state index contributed by atoms with van der Waals surface area (Å²) in [6, 6.07) is 10.5. The van der Waals surface area contributed by atoms with Crippen LogP contribution in [0.3, 0.4) is 0 Å². The summed E-state index contributed by atoms with van der Waals surface area (Å²) in [4.78, 5) is 16.6. The van der Waals surface area contributed by atoms with E-state index in [0.717, 1.165) is 54.2 Å². The molecule has 3 N–H and O–H groups in total. The van der Waals surface area contributed by atoms with Gasteiger partial charge in [-0.05, 0) is 44.4 Å². The SMILES string of the molecule is CC(C)n1cnc2c(NCc3ccccc3-n3cccn3)nc(N3CCC[C@H](N)C3)nc21. The Morgan fingerprint density at radius 1 is 1.19 bits per heavy atom. The molecule has 0 radical (unpaired) electrons. The lowest BCUT2D eigenvalue weighted by Crippen LogP contribution is -2.43. The first-order chi connectivity index (χ1) is 15.6. The van der Waals surface area contributed by atoms with Crippen LogP contribution in [0, 0.1) is 0 Å². The predicted molar refractivity (Wildman–Crippen MR) is 126 cm³/mol. The first kappa shape index (κ1) is 20.4. The van der Waals surface area contributed by atoms with Crippen molar-refractivity contribution in [2.45, 2.75) is 45.3 Å². The topological polar surface area (TPSA) is 103 Å². The summed E-state index contributed by atoms with van der Waals surface area (Å²) in [6.07, 6.45) is 7.67. The van der Waals surface area contributed by atoms with Crippen molar-refractivity contribution >= 4 is 22.9 Å². The van der Waals surface area contributed by atoms with Gasteiger partial charge in [0.1, 0.15) is 0 Å². The number of hydrogen-bond donors (Lipinski definition) is 2. The van der Waals surface area contributed by atoms with E-state index in [1.165, 1.54) is 0 Å². The Balaban J connectivity index is 1.51. The number of para-hydroxylation sites is 1. The third kappa shape index (κ3) is 3.91. The molecule has 166 valence electrons. The van der Waals surface area contributed by atoms with Crippen molar-refractivity contribution in [3.05, 3.63) is 54.6 Å². The molecular weight excluding hydrogens is 402 g/mol. The van der Waals surface area contributed by atoms with Gasteiger partial charge in [0, 0.05) is 44.1 Å². The molecule has 0 spiro atoms. The number of anilines is 2. The molecule has 1 saturated heterocycles. The van der Waals surface area contributed by atoms with Crippen molar-refractivity contribution in [2.24, 2.45) is 5.73 Å². The first-order valence-corrected chi connectivity index (χ1v) is 11.2. The Bertz CT molecular complexity index is 1200. The Hall–Kier alpha value is -3.46. The van der Waals surface area contributed by atoms with Gasteiger partial charge in [0.25, 0.3) is 0 Å². The van der Waals surface area contributed by atoms with Crippen LogP contribution in [0.1, 0.15) is 38.3 Å². The summed E-state index contributed by atoms with van der Waals surface area (Å²) in [5, 5.41) is 7.91. The summed E-state index contributed by atoms with van der Waals surface area (Å²) in [5.41, 5.74) is 10.00. The number of fused-ring (bicyclic) bond motifs is 1. The highest BCUT2D eigenvalue weighted by Gasteiger charge is 2.22. The Morgan fingerprint density at radius 3 is 2.84 bits per heavy atom. The van der Waals surface area contributed by atoms with E-state index in [2.05, 4.69) is 50.8 Å². The Morgan fingerprint density at radius 2 is 2.06 bits per heavy atom. The van der Waals surface area contributed by atoms with Gasteiger partial charge in [-0.2, -0.15) is 15.1 Å². The first-order valence-electron chi connectivity index (χ1n) is 11.2. The molecule has 3 aromatic heterocycles. The lowest BCUT2D eigenvalue weighted by Gasteiger charge is -2.31. The molecule has 1 aromatic carbocycles. The molecule has 32 heavy (non-hydrogen) atoms. The van der Waals surface area contributed by atoms with Gasteiger partial charge in [-0.15, -0.1) is 0 Å². The fourth-order valence-electron chi connectivity index (χ4n) is 4.21. The van der Waals surface area contributed by atoms with Crippen molar-refractivity contribution in [3.8, 4) is 5.69 Å². The van der Waals surface area contributed by atoms with Crippen molar-refractivity contribution in [3.63, 3.8) is 0 Å². The molecule has 1 aliphatic rings. The van der Waals surface area contributed by atoms with Crippen LogP contribution in [0.2, 0.25) is 0 Å². The van der Waals surface area contributed by atoms with E-state index in [1.54, 1.807) is 6.20 Å². The molecule has 9 heteroatoms. The van der Waals surface area contributed by atoms with Crippen LogP contribution < -0.4 is 16.0 Å². The van der Waals surface area contributed by atoms with Crippen LogP contribution in [-0.4, -0.2) is 48.4 Å². The van der Waals surface area contributed by atoms with Crippen molar-refractivity contribution < 1.29 is 0 Å². The van der Waals surface area contributed by atoms with E-state index < -0.39 is 0 Å². The predicted octanol–water partition coefficient (Wildman–Crippen LogP) is 3.13. The minimum absolute atomic E-state index is 0.149. The number of nitrogens with one attached hydrogen (secondary N) is 1. The zero-order chi connectivity index (χ0) is 22.1. The van der Waals surface area contributed by atoms with Crippen LogP contribution >= 0.6 is 0 Å². The van der Waals surface area contributed by atoms with Gasteiger partial charge in [-0.1, -0.05) is 18.2 Å². The fraction of sp³-hybridized carbons (Fsp3) is 0.391. The summed E-state index contributed by atoms with van der Waals surface area (Å²) >= 11 is 0. The van der Waals surface area contributed by atoms with Crippen molar-refractivity contribution in [1.82, 2.24) is 29.3 Å². The average Bonchev–Trinajstić information content (AvgIpc) is 3.48. The second-order valence-electron chi connectivity index (χ2n) is 8.57. The minimum atomic E-state index is 0.149. The summed E-state index contributed by atoms with van der Waals surface area (Å²) in [5.74, 6) is 1.44. The molecule has 1 fully saturated rings. The summed E-state index contributed by atoms with van der Waals surface area (Å²) < 4.78 is 3.97. The van der Waals surface area contributed by atoms with E-state index in [1.807, 2.05) is 35.4 Å². The van der Waals surface area contributed by atoms with Crippen molar-refractivity contribution in [1.29, 1.82) is 0 Å². The zero-order valence-corrected chi connectivity index (χ0v) is 18.5. The monoisotopic (exact) mass is 431 g/mol. The molecule has 9 nitrogen and oxygen atoms in total. The van der Waals surface area contributed by atoms with E-state index >= 15 is 0 Å². The molecular formula is C23H29N9. The fourth-order valence-corrected chi connectivity index (χ4v) is 4.21. The van der Waals surface area contributed by atoms with Crippen LogP contribution in [0.15, 0.2) is 49.1 Å². The van der Waals surface area contributed by atoms with E-state index in [4.69, 9.17) is 15.7 Å². The normalized spacial score (nSPS) is 16.8. The molecule has 0 unspecified atom stereocenters. The third-order valence-corrected chi connectivity index (χ3v) is 5.90. The molecule has 0 saturated carbocycles. The van der Waals surface area contributed by atoms with Gasteiger partial charge in [-0.25, -0.2) is 9.67 Å². The summed E-state index contributed by atoms with van der Waals surface area (Å²) in [6.45, 7) is 6.54. The van der Waals surface area contributed by atoms with Crippen LogP contribution in [0.4, 0.5) is 11.8 Å². The number of imidazole rings is 1. The van der Waals surface area contributed by atoms with Crippen LogP contribution in [0.25, 0.3) is 16.9 Å². The molecule has 4 aromatic rings. The van der Waals surface area contributed by atoms with E-state index in [0.29, 0.717) is 12.5 Å². The number of hydrogen-bond acceptors (Lipinski definition) is 7. The third-order valence-electron chi connectivity index (χ3n) is 5.90. The molecule has 0 aliphatic carbocycles. The standard InChI is InChI=1S/C23H29N9/c1-16(2)31-15-26-20-21(28-23(29-22(20)31)30-11-5-8-18(24)14-30)25-13-17-7-3-4-9-19(17)32-12-6-10-27-32/h3-4,6-7,9-10,12,15-16,18H,5,8,11,13-14,24H2,1-2H3,(H,25,28,29)/t18-/m0/s1.